The molecule has 0 fully saturated rings. The first-order valence-electron chi connectivity index (χ1n) is 10.9. The van der Waals surface area contributed by atoms with E-state index in [1.807, 2.05) is 31.2 Å². The zero-order valence-corrected chi connectivity index (χ0v) is 20.9. The van der Waals surface area contributed by atoms with E-state index in [0.29, 0.717) is 58.7 Å². The second-order valence-corrected chi connectivity index (χ2v) is 9.07. The molecule has 7 nitrogen and oxygen atoms in total. The summed E-state index contributed by atoms with van der Waals surface area (Å²) in [7, 11) is 2.81. The van der Waals surface area contributed by atoms with Crippen molar-refractivity contribution in [3.8, 4) is 11.5 Å². The summed E-state index contributed by atoms with van der Waals surface area (Å²) in [6, 6.07) is 11.6. The molecule has 0 radical (unpaired) electrons. The molecule has 1 atom stereocenters. The van der Waals surface area contributed by atoms with Crippen molar-refractivity contribution in [3.05, 3.63) is 80.3 Å². The topological polar surface area (TPSA) is 97.1 Å². The van der Waals surface area contributed by atoms with E-state index < -0.39 is 11.9 Å². The Labute approximate surface area is 206 Å². The van der Waals surface area contributed by atoms with Gasteiger partial charge in [0.25, 0.3) is 0 Å². The molecule has 0 aromatic heterocycles. The van der Waals surface area contributed by atoms with E-state index in [4.69, 9.17) is 24.7 Å². The lowest BCUT2D eigenvalue weighted by Crippen LogP contribution is -2.31. The van der Waals surface area contributed by atoms with E-state index >= 15 is 0 Å². The van der Waals surface area contributed by atoms with Crippen molar-refractivity contribution in [1.82, 2.24) is 0 Å². The van der Waals surface area contributed by atoms with E-state index in [2.05, 4.69) is 15.9 Å². The summed E-state index contributed by atoms with van der Waals surface area (Å²) in [6.07, 6.45) is 1.61. The van der Waals surface area contributed by atoms with Gasteiger partial charge < -0.3 is 24.7 Å². The van der Waals surface area contributed by atoms with Gasteiger partial charge in [0.05, 0.1) is 20.1 Å². The number of ether oxygens (including phenoxy) is 4. The Morgan fingerprint density at radius 2 is 1.88 bits per heavy atom. The van der Waals surface area contributed by atoms with Gasteiger partial charge in [-0.3, -0.25) is 4.79 Å². The van der Waals surface area contributed by atoms with Crippen molar-refractivity contribution >= 4 is 27.7 Å². The number of hydrogen-bond acceptors (Lipinski definition) is 7. The Bertz CT molecular complexity index is 1200. The van der Waals surface area contributed by atoms with Crippen LogP contribution in [0.3, 0.4) is 0 Å². The highest BCUT2D eigenvalue weighted by Crippen LogP contribution is 2.48. The number of carbonyl (C=O) groups is 2. The van der Waals surface area contributed by atoms with E-state index in [9.17, 15) is 9.59 Å². The van der Waals surface area contributed by atoms with Gasteiger partial charge in [-0.05, 0) is 36.6 Å². The number of carbonyl (C=O) groups excluding carboxylic acids is 2. The highest BCUT2D eigenvalue weighted by atomic mass is 79.9. The second kappa shape index (κ2) is 9.93. The van der Waals surface area contributed by atoms with Crippen LogP contribution in [0.5, 0.6) is 11.5 Å². The molecule has 1 aliphatic carbocycles. The van der Waals surface area contributed by atoms with Gasteiger partial charge in [-0.25, -0.2) is 4.79 Å². The maximum Gasteiger partial charge on any atom is 0.340 e. The number of benzene rings is 2. The summed E-state index contributed by atoms with van der Waals surface area (Å²) in [6.45, 7) is 2.38. The monoisotopic (exact) mass is 527 g/mol. The molecular weight excluding hydrogens is 502 g/mol. The minimum Gasteiger partial charge on any atom is -0.493 e. The van der Waals surface area contributed by atoms with Crippen molar-refractivity contribution in [3.63, 3.8) is 0 Å². The van der Waals surface area contributed by atoms with E-state index in [1.54, 1.807) is 12.1 Å². The highest BCUT2D eigenvalue weighted by Gasteiger charge is 2.42. The first kappa shape index (κ1) is 23.9. The Balaban J connectivity index is 1.76. The molecule has 0 saturated carbocycles. The standard InChI is InChI=1S/C26H26BrNO6/c1-14-7-9-15(10-8-14)13-33-21-12-17(27)16(11-20(21)31-2)22-23-18(29)5-4-6-19(23)34-25(28)24(22)26(30)32-3/h7-12,22H,4-6,13,28H2,1-3H3/t22-/m1/s1. The van der Waals surface area contributed by atoms with Crippen LogP contribution in [-0.2, 0) is 25.7 Å². The number of ketones is 1. The van der Waals surface area contributed by atoms with Crippen LogP contribution in [0.25, 0.3) is 0 Å². The summed E-state index contributed by atoms with van der Waals surface area (Å²) in [5.74, 6) is -0.0635. The SMILES string of the molecule is COC(=O)C1=C(N)OC2=C(C(=O)CCC2)[C@H]1c1cc(OC)c(OCc2ccc(C)cc2)cc1Br. The Morgan fingerprint density at radius 1 is 1.15 bits per heavy atom. The molecule has 178 valence electrons. The maximum absolute atomic E-state index is 13.0. The maximum atomic E-state index is 13.0. The van der Waals surface area contributed by atoms with Gasteiger partial charge in [-0.15, -0.1) is 0 Å². The molecule has 8 heteroatoms. The minimum absolute atomic E-state index is 0.0594. The number of esters is 1. The summed E-state index contributed by atoms with van der Waals surface area (Å²) in [4.78, 5) is 25.7. The van der Waals surface area contributed by atoms with Gasteiger partial charge in [0, 0.05) is 22.9 Å². The van der Waals surface area contributed by atoms with Crippen LogP contribution in [0.4, 0.5) is 0 Å². The molecule has 2 aromatic rings. The lowest BCUT2D eigenvalue weighted by atomic mass is 9.77. The molecule has 34 heavy (non-hydrogen) atoms. The number of aryl methyl sites for hydroxylation is 1. The molecule has 0 saturated heterocycles. The average Bonchev–Trinajstić information content (AvgIpc) is 2.82. The minimum atomic E-state index is -0.751. The van der Waals surface area contributed by atoms with Gasteiger partial charge >= 0.3 is 5.97 Å². The molecule has 0 amide bonds. The van der Waals surface area contributed by atoms with Crippen LogP contribution in [0.15, 0.2) is 63.7 Å². The van der Waals surface area contributed by atoms with Crippen molar-refractivity contribution in [2.24, 2.45) is 5.73 Å². The van der Waals surface area contributed by atoms with Gasteiger partial charge in [-0.2, -0.15) is 0 Å². The van der Waals surface area contributed by atoms with Gasteiger partial charge in [0.15, 0.2) is 17.3 Å². The van der Waals surface area contributed by atoms with Crippen LogP contribution in [0.2, 0.25) is 0 Å². The number of allylic oxidation sites excluding steroid dienone is 2. The Morgan fingerprint density at radius 3 is 2.56 bits per heavy atom. The molecule has 0 bridgehead atoms. The lowest BCUT2D eigenvalue weighted by molar-refractivity contribution is -0.136. The predicted octanol–water partition coefficient (Wildman–Crippen LogP) is 4.81. The van der Waals surface area contributed by atoms with Gasteiger partial charge in [0.1, 0.15) is 17.9 Å². The van der Waals surface area contributed by atoms with Gasteiger partial charge in [-0.1, -0.05) is 45.8 Å². The third-order valence-corrected chi connectivity index (χ3v) is 6.69. The van der Waals surface area contributed by atoms with Crippen molar-refractivity contribution in [2.75, 3.05) is 14.2 Å². The number of halogens is 1. The second-order valence-electron chi connectivity index (χ2n) is 8.22. The number of rotatable bonds is 6. The fraction of sp³-hybridized carbons (Fsp3) is 0.308. The molecule has 2 aromatic carbocycles. The third-order valence-electron chi connectivity index (χ3n) is 6.00. The number of methoxy groups -OCH3 is 2. The zero-order valence-electron chi connectivity index (χ0n) is 19.3. The van der Waals surface area contributed by atoms with E-state index in [0.717, 1.165) is 5.56 Å². The number of Topliss-reactive ketones (excluding diaryl/α,β-unsaturated/α-hetero) is 1. The fourth-order valence-corrected chi connectivity index (χ4v) is 4.82. The smallest absolute Gasteiger partial charge is 0.340 e. The zero-order chi connectivity index (χ0) is 24.4. The molecule has 1 heterocycles. The molecule has 1 aliphatic heterocycles. The third kappa shape index (κ3) is 4.55. The van der Waals surface area contributed by atoms with Crippen molar-refractivity contribution < 1.29 is 28.5 Å². The van der Waals surface area contributed by atoms with E-state index in [-0.39, 0.29) is 17.2 Å². The molecule has 0 unspecified atom stereocenters. The fourth-order valence-electron chi connectivity index (χ4n) is 4.27. The Hall–Kier alpha value is -3.26. The normalized spacial score (nSPS) is 17.8. The van der Waals surface area contributed by atoms with Crippen molar-refractivity contribution in [1.29, 1.82) is 0 Å². The summed E-state index contributed by atoms with van der Waals surface area (Å²) < 4.78 is 23.0. The summed E-state index contributed by atoms with van der Waals surface area (Å²) in [5, 5.41) is 0. The van der Waals surface area contributed by atoms with Gasteiger partial charge in [0.2, 0.25) is 5.88 Å². The molecule has 2 aliphatic rings. The van der Waals surface area contributed by atoms with E-state index in [1.165, 1.54) is 19.8 Å². The van der Waals surface area contributed by atoms with Crippen LogP contribution in [0, 0.1) is 6.92 Å². The van der Waals surface area contributed by atoms with Crippen LogP contribution < -0.4 is 15.2 Å². The Kier molecular flexibility index (Phi) is 6.97. The number of nitrogens with two attached hydrogens (primary N) is 1. The summed E-state index contributed by atoms with van der Waals surface area (Å²) >= 11 is 3.61. The number of hydrogen-bond donors (Lipinski definition) is 1. The first-order chi connectivity index (χ1) is 16.3. The lowest BCUT2D eigenvalue weighted by Gasteiger charge is -2.33. The molecule has 0 spiro atoms. The van der Waals surface area contributed by atoms with Crippen LogP contribution in [-0.4, -0.2) is 26.0 Å². The van der Waals surface area contributed by atoms with Crippen molar-refractivity contribution in [2.45, 2.75) is 38.7 Å². The highest BCUT2D eigenvalue weighted by molar-refractivity contribution is 9.10. The van der Waals surface area contributed by atoms with Crippen LogP contribution in [0.1, 0.15) is 41.9 Å². The summed E-state index contributed by atoms with van der Waals surface area (Å²) in [5.41, 5.74) is 9.49. The molecule has 2 N–H and O–H groups in total. The average molecular weight is 528 g/mol. The molecule has 4 rings (SSSR count). The predicted molar refractivity (Wildman–Crippen MR) is 129 cm³/mol. The largest absolute Gasteiger partial charge is 0.493 e. The van der Waals surface area contributed by atoms with Crippen LogP contribution >= 0.6 is 15.9 Å². The first-order valence-corrected chi connectivity index (χ1v) is 11.7. The molecular formula is C26H26BrNO6. The quantitative estimate of drug-likeness (QED) is 0.538.